The van der Waals surface area contributed by atoms with Gasteiger partial charge in [0.1, 0.15) is 24.3 Å². The molecule has 1 heterocycles. The van der Waals surface area contributed by atoms with E-state index in [0.717, 1.165) is 37.8 Å². The molecule has 3 aromatic rings. The molecular formula is C31H31F2NO6. The van der Waals surface area contributed by atoms with Crippen molar-refractivity contribution in [3.05, 3.63) is 94.6 Å². The second-order valence-electron chi connectivity index (χ2n) is 10.1. The largest absolute Gasteiger partial charge is 0.493 e. The summed E-state index contributed by atoms with van der Waals surface area (Å²) in [5.74, 6) is -2.41. The number of aliphatic carboxylic acids is 1. The first-order valence-electron chi connectivity index (χ1n) is 13.3. The molecule has 5 rings (SSSR count). The summed E-state index contributed by atoms with van der Waals surface area (Å²) in [6, 6.07) is 14.6. The van der Waals surface area contributed by atoms with Gasteiger partial charge in [0.2, 0.25) is 0 Å². The van der Waals surface area contributed by atoms with Crippen LogP contribution in [0.2, 0.25) is 0 Å². The van der Waals surface area contributed by atoms with E-state index >= 15 is 0 Å². The predicted octanol–water partition coefficient (Wildman–Crippen LogP) is 5.59. The summed E-state index contributed by atoms with van der Waals surface area (Å²) in [6.45, 7) is -0.196. The summed E-state index contributed by atoms with van der Waals surface area (Å²) in [7, 11) is 1.45. The minimum absolute atomic E-state index is 0.0216. The highest BCUT2D eigenvalue weighted by Gasteiger charge is 2.41. The lowest BCUT2D eigenvalue weighted by molar-refractivity contribution is -0.160. The molecule has 0 bridgehead atoms. The van der Waals surface area contributed by atoms with E-state index in [1.165, 1.54) is 18.1 Å². The number of amides is 1. The van der Waals surface area contributed by atoms with Crippen molar-refractivity contribution >= 4 is 11.9 Å². The van der Waals surface area contributed by atoms with Crippen LogP contribution < -0.4 is 9.47 Å². The molecule has 7 nitrogen and oxygen atoms in total. The number of hydrogen-bond donors (Lipinski definition) is 1. The van der Waals surface area contributed by atoms with Crippen molar-refractivity contribution in [1.29, 1.82) is 0 Å². The topological polar surface area (TPSA) is 85.3 Å². The first-order valence-corrected chi connectivity index (χ1v) is 13.3. The van der Waals surface area contributed by atoms with E-state index in [9.17, 15) is 23.5 Å². The van der Waals surface area contributed by atoms with Gasteiger partial charge in [0.25, 0.3) is 5.91 Å². The van der Waals surface area contributed by atoms with Crippen molar-refractivity contribution < 1.29 is 37.7 Å². The van der Waals surface area contributed by atoms with Gasteiger partial charge in [-0.05, 0) is 42.2 Å². The highest BCUT2D eigenvalue weighted by molar-refractivity contribution is 5.88. The van der Waals surface area contributed by atoms with E-state index in [0.29, 0.717) is 22.4 Å². The lowest BCUT2D eigenvalue weighted by atomic mass is 9.91. The Kier molecular flexibility index (Phi) is 8.30. The quantitative estimate of drug-likeness (QED) is 0.373. The van der Waals surface area contributed by atoms with Gasteiger partial charge in [-0.2, -0.15) is 0 Å². The van der Waals surface area contributed by atoms with E-state index in [4.69, 9.17) is 14.2 Å². The summed E-state index contributed by atoms with van der Waals surface area (Å²) in [5, 5.41) is 10.2. The maximum absolute atomic E-state index is 14.3. The zero-order chi connectivity index (χ0) is 28.2. The molecule has 1 amide bonds. The van der Waals surface area contributed by atoms with Crippen molar-refractivity contribution in [2.24, 2.45) is 0 Å². The normalized spacial score (nSPS) is 17.8. The number of hydrogen-bond acceptors (Lipinski definition) is 5. The van der Waals surface area contributed by atoms with Gasteiger partial charge >= 0.3 is 5.97 Å². The van der Waals surface area contributed by atoms with Gasteiger partial charge in [0, 0.05) is 30.2 Å². The Morgan fingerprint density at radius 2 is 1.80 bits per heavy atom. The van der Waals surface area contributed by atoms with Crippen LogP contribution in [0.1, 0.15) is 54.0 Å². The van der Waals surface area contributed by atoms with Gasteiger partial charge < -0.3 is 24.2 Å². The molecule has 0 spiro atoms. The van der Waals surface area contributed by atoms with Crippen LogP contribution in [0.4, 0.5) is 8.78 Å². The molecule has 40 heavy (non-hydrogen) atoms. The van der Waals surface area contributed by atoms with Gasteiger partial charge in [-0.1, -0.05) is 49.2 Å². The Hall–Kier alpha value is -3.98. The maximum atomic E-state index is 14.3. The molecule has 1 aliphatic heterocycles. The molecule has 2 aliphatic rings. The number of carboxylic acids is 1. The lowest BCUT2D eigenvalue weighted by Crippen LogP contribution is -2.50. The second-order valence-corrected chi connectivity index (χ2v) is 10.1. The van der Waals surface area contributed by atoms with Crippen LogP contribution in [0.15, 0.2) is 60.7 Å². The number of carbonyl (C=O) groups is 2. The molecule has 0 radical (unpaired) electrons. The molecule has 3 aromatic carbocycles. The molecule has 0 aromatic heterocycles. The molecule has 2 atom stereocenters. The van der Waals surface area contributed by atoms with Crippen LogP contribution in [0.3, 0.4) is 0 Å². The fourth-order valence-corrected chi connectivity index (χ4v) is 5.45. The third kappa shape index (κ3) is 5.79. The monoisotopic (exact) mass is 551 g/mol. The smallest absolute Gasteiger partial charge is 0.326 e. The molecule has 210 valence electrons. The summed E-state index contributed by atoms with van der Waals surface area (Å²) in [5.41, 5.74) is 2.06. The number of fused-ring (bicyclic) bond motifs is 1. The number of benzene rings is 3. The number of nitrogens with zero attached hydrogens (tertiary/aromatic N) is 1. The SMILES string of the molecule is COc1ccc2c(c1OCc1ccc(F)cc1F)C[C@@H](C(=O)O)N(C(=O)[C@@H](OC1CCCC1)c1ccccc1)C2. The van der Waals surface area contributed by atoms with E-state index in [-0.39, 0.29) is 37.0 Å². The Morgan fingerprint density at radius 3 is 2.48 bits per heavy atom. The van der Waals surface area contributed by atoms with Gasteiger partial charge in [-0.25, -0.2) is 13.6 Å². The van der Waals surface area contributed by atoms with Crippen molar-refractivity contribution in [3.63, 3.8) is 0 Å². The average molecular weight is 552 g/mol. The third-order valence-electron chi connectivity index (χ3n) is 7.57. The number of carbonyl (C=O) groups excluding carboxylic acids is 1. The molecule has 0 saturated heterocycles. The molecule has 1 fully saturated rings. The number of rotatable bonds is 9. The fraction of sp³-hybridized carbons (Fsp3) is 0.355. The second kappa shape index (κ2) is 12.0. The Morgan fingerprint density at radius 1 is 1.05 bits per heavy atom. The molecule has 1 saturated carbocycles. The van der Waals surface area contributed by atoms with Gasteiger partial charge in [-0.15, -0.1) is 0 Å². The fourth-order valence-electron chi connectivity index (χ4n) is 5.45. The number of methoxy groups -OCH3 is 1. The first kappa shape index (κ1) is 27.6. The Balaban J connectivity index is 1.46. The number of ether oxygens (including phenoxy) is 3. The third-order valence-corrected chi connectivity index (χ3v) is 7.57. The van der Waals surface area contributed by atoms with Crippen LogP contribution in [0.5, 0.6) is 11.5 Å². The maximum Gasteiger partial charge on any atom is 0.326 e. The van der Waals surface area contributed by atoms with Crippen LogP contribution in [0.25, 0.3) is 0 Å². The Labute approximate surface area is 231 Å². The van der Waals surface area contributed by atoms with Crippen molar-refractivity contribution in [3.8, 4) is 11.5 Å². The van der Waals surface area contributed by atoms with E-state index < -0.39 is 35.7 Å². The minimum Gasteiger partial charge on any atom is -0.493 e. The highest BCUT2D eigenvalue weighted by atomic mass is 19.1. The van der Waals surface area contributed by atoms with Crippen LogP contribution in [-0.2, 0) is 33.9 Å². The standard InChI is InChI=1S/C31H31F2NO6/c1-38-27-14-12-20-17-34(30(35)28(19-7-3-2-4-8-19)40-23-9-5-6-10-23)26(31(36)37)16-24(20)29(27)39-18-21-11-13-22(32)15-25(21)33/h2-4,7-8,11-15,23,26,28H,5-6,9-10,16-18H2,1H3,(H,36,37)/t26-,28-/m0/s1. The van der Waals surface area contributed by atoms with Gasteiger partial charge in [-0.3, -0.25) is 4.79 Å². The number of carboxylic acid groups (broad SMARTS) is 1. The molecule has 1 aliphatic carbocycles. The summed E-state index contributed by atoms with van der Waals surface area (Å²) < 4.78 is 45.3. The molecule has 9 heteroatoms. The van der Waals surface area contributed by atoms with Crippen LogP contribution >= 0.6 is 0 Å². The molecular weight excluding hydrogens is 520 g/mol. The zero-order valence-corrected chi connectivity index (χ0v) is 22.1. The average Bonchev–Trinajstić information content (AvgIpc) is 3.48. The summed E-state index contributed by atoms with van der Waals surface area (Å²) in [4.78, 5) is 27.9. The van der Waals surface area contributed by atoms with Crippen molar-refractivity contribution in [1.82, 2.24) is 4.90 Å². The van der Waals surface area contributed by atoms with Gasteiger partial charge in [0.05, 0.1) is 13.2 Å². The van der Waals surface area contributed by atoms with Crippen LogP contribution in [-0.4, -0.2) is 41.1 Å². The summed E-state index contributed by atoms with van der Waals surface area (Å²) >= 11 is 0. The first-order chi connectivity index (χ1) is 19.4. The van der Waals surface area contributed by atoms with Crippen molar-refractivity contribution in [2.75, 3.05) is 7.11 Å². The zero-order valence-electron chi connectivity index (χ0n) is 22.1. The molecule has 1 N–H and O–H groups in total. The minimum atomic E-state index is -1.18. The summed E-state index contributed by atoms with van der Waals surface area (Å²) in [6.07, 6.45) is 2.74. The van der Waals surface area contributed by atoms with E-state index in [1.807, 2.05) is 30.3 Å². The van der Waals surface area contributed by atoms with E-state index in [2.05, 4.69) is 0 Å². The number of halogens is 2. The van der Waals surface area contributed by atoms with Crippen molar-refractivity contribution in [2.45, 2.75) is 63.5 Å². The lowest BCUT2D eigenvalue weighted by Gasteiger charge is -2.37. The highest BCUT2D eigenvalue weighted by Crippen LogP contribution is 2.40. The predicted molar refractivity (Wildman–Crippen MR) is 142 cm³/mol. The Bertz CT molecular complexity index is 1380. The van der Waals surface area contributed by atoms with E-state index in [1.54, 1.807) is 12.1 Å². The van der Waals surface area contributed by atoms with Gasteiger partial charge in [0.15, 0.2) is 17.6 Å². The molecule has 0 unspecified atom stereocenters. The van der Waals surface area contributed by atoms with Crippen LogP contribution in [0, 0.1) is 11.6 Å².